The summed E-state index contributed by atoms with van der Waals surface area (Å²) in [6.45, 7) is 0. The summed E-state index contributed by atoms with van der Waals surface area (Å²) < 4.78 is 7.18. The van der Waals surface area contributed by atoms with Gasteiger partial charge in [0.15, 0.2) is 0 Å². The molecule has 1 aliphatic heterocycles. The fourth-order valence-corrected chi connectivity index (χ4v) is 3.12. The summed E-state index contributed by atoms with van der Waals surface area (Å²) in [4.78, 5) is 4.35. The van der Waals surface area contributed by atoms with Gasteiger partial charge in [-0.1, -0.05) is 18.2 Å². The Hall–Kier alpha value is -1.87. The van der Waals surface area contributed by atoms with Gasteiger partial charge in [0, 0.05) is 12.0 Å². The molecule has 0 atom stereocenters. The molecule has 0 spiro atoms. The van der Waals surface area contributed by atoms with E-state index in [0.717, 1.165) is 23.4 Å². The summed E-state index contributed by atoms with van der Waals surface area (Å²) in [7, 11) is 0. The fraction of sp³-hybridized carbons (Fsp3) is 0.0714. The largest absolute Gasteiger partial charge is 0.457 e. The molecule has 0 bridgehead atoms. The number of rotatable bonds is 0. The number of hydrogen-bond acceptors (Lipinski definition) is 3. The van der Waals surface area contributed by atoms with Crippen LogP contribution >= 0.6 is 11.3 Å². The van der Waals surface area contributed by atoms with E-state index >= 15 is 0 Å². The van der Waals surface area contributed by atoms with Crippen LogP contribution in [0.4, 0.5) is 0 Å². The van der Waals surface area contributed by atoms with Crippen molar-refractivity contribution < 1.29 is 4.74 Å². The number of nitrogens with zero attached hydrogens (tertiary/aromatic N) is 1. The zero-order chi connectivity index (χ0) is 11.2. The van der Waals surface area contributed by atoms with Crippen molar-refractivity contribution in [3.8, 4) is 11.5 Å². The zero-order valence-corrected chi connectivity index (χ0v) is 9.83. The molecule has 0 saturated carbocycles. The molecule has 2 heterocycles. The number of para-hydroxylation sites is 1. The lowest BCUT2D eigenvalue weighted by atomic mass is 10.0. The first-order valence-electron chi connectivity index (χ1n) is 5.53. The van der Waals surface area contributed by atoms with Gasteiger partial charge in [0.25, 0.3) is 0 Å². The molecule has 0 unspecified atom stereocenters. The van der Waals surface area contributed by atoms with Gasteiger partial charge in [-0.15, -0.1) is 11.3 Å². The standard InChI is InChI=1S/C14H9NOS/c1-2-4-12-9(3-1)7-10-13(16-12)6-5-11-14(10)17-8-15-11/h1-6,8H,7H2. The summed E-state index contributed by atoms with van der Waals surface area (Å²) in [5.74, 6) is 1.95. The number of benzene rings is 2. The van der Waals surface area contributed by atoms with Gasteiger partial charge in [-0.3, -0.25) is 0 Å². The van der Waals surface area contributed by atoms with Crippen LogP contribution in [0.15, 0.2) is 41.9 Å². The van der Waals surface area contributed by atoms with Crippen LogP contribution in [0.3, 0.4) is 0 Å². The van der Waals surface area contributed by atoms with Crippen molar-refractivity contribution >= 4 is 21.6 Å². The van der Waals surface area contributed by atoms with Gasteiger partial charge in [0.2, 0.25) is 0 Å². The molecular formula is C14H9NOS. The average Bonchev–Trinajstić information content (AvgIpc) is 2.85. The zero-order valence-electron chi connectivity index (χ0n) is 9.01. The second-order valence-corrected chi connectivity index (χ2v) is 4.98. The molecule has 3 heteroatoms. The van der Waals surface area contributed by atoms with Gasteiger partial charge in [-0.05, 0) is 23.8 Å². The summed E-state index contributed by atoms with van der Waals surface area (Å²) in [5, 5.41) is 0. The molecule has 4 rings (SSSR count). The van der Waals surface area contributed by atoms with Crippen LogP contribution < -0.4 is 4.74 Å². The Kier molecular flexibility index (Phi) is 1.79. The van der Waals surface area contributed by atoms with Gasteiger partial charge < -0.3 is 4.74 Å². The van der Waals surface area contributed by atoms with Gasteiger partial charge >= 0.3 is 0 Å². The molecule has 2 nitrogen and oxygen atoms in total. The smallest absolute Gasteiger partial charge is 0.132 e. The Morgan fingerprint density at radius 2 is 2.00 bits per heavy atom. The molecule has 0 radical (unpaired) electrons. The second kappa shape index (κ2) is 3.31. The van der Waals surface area contributed by atoms with Gasteiger partial charge in [0.1, 0.15) is 11.5 Å². The molecule has 2 aromatic carbocycles. The first-order chi connectivity index (χ1) is 8.42. The van der Waals surface area contributed by atoms with E-state index in [1.54, 1.807) is 11.3 Å². The summed E-state index contributed by atoms with van der Waals surface area (Å²) in [6.07, 6.45) is 0.936. The van der Waals surface area contributed by atoms with Crippen molar-refractivity contribution in [2.24, 2.45) is 0 Å². The minimum Gasteiger partial charge on any atom is -0.457 e. The predicted octanol–water partition coefficient (Wildman–Crippen LogP) is 3.99. The van der Waals surface area contributed by atoms with Crippen LogP contribution in [0.1, 0.15) is 11.1 Å². The van der Waals surface area contributed by atoms with E-state index in [9.17, 15) is 0 Å². The maximum absolute atomic E-state index is 5.93. The minimum atomic E-state index is 0.936. The number of aromatic nitrogens is 1. The molecule has 0 N–H and O–H groups in total. The second-order valence-electron chi connectivity index (χ2n) is 4.13. The van der Waals surface area contributed by atoms with E-state index in [0.29, 0.717) is 0 Å². The lowest BCUT2D eigenvalue weighted by molar-refractivity contribution is 0.461. The Morgan fingerprint density at radius 3 is 3.00 bits per heavy atom. The normalized spacial score (nSPS) is 12.9. The van der Waals surface area contributed by atoms with Gasteiger partial charge in [-0.25, -0.2) is 4.98 Å². The molecule has 1 aliphatic rings. The van der Waals surface area contributed by atoms with Crippen LogP contribution in [0.25, 0.3) is 10.2 Å². The Morgan fingerprint density at radius 1 is 1.06 bits per heavy atom. The molecule has 0 amide bonds. The van der Waals surface area contributed by atoms with E-state index in [4.69, 9.17) is 4.74 Å². The molecule has 1 aromatic heterocycles. The van der Waals surface area contributed by atoms with E-state index in [1.165, 1.54) is 15.8 Å². The van der Waals surface area contributed by atoms with E-state index in [-0.39, 0.29) is 0 Å². The highest BCUT2D eigenvalue weighted by Crippen LogP contribution is 2.40. The number of hydrogen-bond donors (Lipinski definition) is 0. The Balaban J connectivity index is 1.98. The van der Waals surface area contributed by atoms with Crippen LogP contribution in [0.2, 0.25) is 0 Å². The third-order valence-electron chi connectivity index (χ3n) is 3.12. The van der Waals surface area contributed by atoms with E-state index < -0.39 is 0 Å². The van der Waals surface area contributed by atoms with Gasteiger partial charge in [-0.2, -0.15) is 0 Å². The predicted molar refractivity (Wildman–Crippen MR) is 68.9 cm³/mol. The lowest BCUT2D eigenvalue weighted by Gasteiger charge is -2.20. The highest BCUT2D eigenvalue weighted by molar-refractivity contribution is 7.17. The van der Waals surface area contributed by atoms with Crippen LogP contribution in [-0.2, 0) is 6.42 Å². The molecule has 0 aliphatic carbocycles. The first kappa shape index (κ1) is 9.19. The Bertz CT molecular complexity index is 717. The van der Waals surface area contributed by atoms with Crippen molar-refractivity contribution in [1.29, 1.82) is 0 Å². The highest BCUT2D eigenvalue weighted by atomic mass is 32.1. The molecule has 82 valence electrons. The maximum atomic E-state index is 5.93. The van der Waals surface area contributed by atoms with Crippen LogP contribution in [-0.4, -0.2) is 4.98 Å². The van der Waals surface area contributed by atoms with Crippen LogP contribution in [0, 0.1) is 0 Å². The quantitative estimate of drug-likeness (QED) is 0.463. The summed E-state index contributed by atoms with van der Waals surface area (Å²) in [6, 6.07) is 12.3. The van der Waals surface area contributed by atoms with Gasteiger partial charge in [0.05, 0.1) is 15.7 Å². The maximum Gasteiger partial charge on any atom is 0.132 e. The lowest BCUT2D eigenvalue weighted by Crippen LogP contribution is -2.02. The van der Waals surface area contributed by atoms with Crippen molar-refractivity contribution in [3.05, 3.63) is 53.0 Å². The van der Waals surface area contributed by atoms with Crippen molar-refractivity contribution in [3.63, 3.8) is 0 Å². The average molecular weight is 239 g/mol. The summed E-state index contributed by atoms with van der Waals surface area (Å²) >= 11 is 1.69. The fourth-order valence-electron chi connectivity index (χ4n) is 2.29. The molecular weight excluding hydrogens is 230 g/mol. The number of ether oxygens (including phenoxy) is 1. The van der Waals surface area contributed by atoms with E-state index in [1.807, 2.05) is 29.8 Å². The molecule has 0 saturated heterocycles. The van der Waals surface area contributed by atoms with Crippen molar-refractivity contribution in [2.75, 3.05) is 0 Å². The monoisotopic (exact) mass is 239 g/mol. The van der Waals surface area contributed by atoms with E-state index in [2.05, 4.69) is 17.1 Å². The topological polar surface area (TPSA) is 22.1 Å². The minimum absolute atomic E-state index is 0.936. The molecule has 17 heavy (non-hydrogen) atoms. The third-order valence-corrected chi connectivity index (χ3v) is 4.02. The SMILES string of the molecule is c1ccc2c(c1)Cc1c(ccc3ncsc13)O2. The first-order valence-corrected chi connectivity index (χ1v) is 6.40. The van der Waals surface area contributed by atoms with Crippen molar-refractivity contribution in [1.82, 2.24) is 4.98 Å². The number of thiazole rings is 1. The van der Waals surface area contributed by atoms with Crippen LogP contribution in [0.5, 0.6) is 11.5 Å². The molecule has 3 aromatic rings. The number of fused-ring (bicyclic) bond motifs is 4. The highest BCUT2D eigenvalue weighted by Gasteiger charge is 2.19. The summed E-state index contributed by atoms with van der Waals surface area (Å²) in [5.41, 5.74) is 5.48. The van der Waals surface area contributed by atoms with Crippen molar-refractivity contribution in [2.45, 2.75) is 6.42 Å². The molecule has 0 fully saturated rings. The Labute approximate surface area is 103 Å². The third kappa shape index (κ3) is 1.29.